The molecule has 0 aliphatic heterocycles. The second kappa shape index (κ2) is 13.3. The number of rotatable bonds is 14. The van der Waals surface area contributed by atoms with Gasteiger partial charge in [0, 0.05) is 32.1 Å². The Hall–Kier alpha value is -3.04. The number of hydrogen-bond acceptors (Lipinski definition) is 5. The molecule has 3 aromatic rings. The summed E-state index contributed by atoms with van der Waals surface area (Å²) in [6, 6.07) is 22.6. The average molecular weight is 553 g/mol. The predicted molar refractivity (Wildman–Crippen MR) is 155 cm³/mol. The van der Waals surface area contributed by atoms with Crippen molar-refractivity contribution in [3.8, 4) is 11.1 Å². The molecule has 210 valence electrons. The second-order valence-electron chi connectivity index (χ2n) is 10.7. The van der Waals surface area contributed by atoms with Crippen molar-refractivity contribution in [3.05, 3.63) is 89.5 Å². The topological polar surface area (TPSA) is 107 Å². The molecule has 0 aromatic heterocycles. The molecule has 0 aliphatic rings. The third-order valence-corrected chi connectivity index (χ3v) is 8.61. The Kier molecular flexibility index (Phi) is 10.4. The number of aliphatic carboxylic acids is 1. The number of aryl methyl sites for hydroxylation is 2. The number of aliphatic hydroxyl groups excluding tert-OH is 1. The maximum atomic E-state index is 13.3. The van der Waals surface area contributed by atoms with Crippen LogP contribution in [-0.2, 0) is 34.1 Å². The average Bonchev–Trinajstić information content (AvgIpc) is 2.91. The minimum absolute atomic E-state index is 0.0308. The van der Waals surface area contributed by atoms with E-state index >= 15 is 0 Å². The van der Waals surface area contributed by atoms with Gasteiger partial charge in [0.05, 0.1) is 11.0 Å². The van der Waals surface area contributed by atoms with Crippen molar-refractivity contribution in [2.24, 2.45) is 0 Å². The summed E-state index contributed by atoms with van der Waals surface area (Å²) < 4.78 is 27.8. The summed E-state index contributed by atoms with van der Waals surface area (Å²) in [6.07, 6.45) is 1.32. The van der Waals surface area contributed by atoms with Gasteiger partial charge in [-0.2, -0.15) is 4.31 Å². The van der Waals surface area contributed by atoms with Gasteiger partial charge in [-0.3, -0.25) is 4.79 Å². The molecule has 3 rings (SSSR count). The molecule has 3 N–H and O–H groups in total. The molecule has 3 aromatic carbocycles. The highest BCUT2D eigenvalue weighted by atomic mass is 32.2. The van der Waals surface area contributed by atoms with Crippen LogP contribution in [0, 0.1) is 0 Å². The number of hydrogen-bond donors (Lipinski definition) is 3. The van der Waals surface area contributed by atoms with E-state index in [2.05, 4.69) is 50.4 Å². The Labute approximate surface area is 232 Å². The molecular weight excluding hydrogens is 512 g/mol. The van der Waals surface area contributed by atoms with Crippen molar-refractivity contribution >= 4 is 16.0 Å². The van der Waals surface area contributed by atoms with Crippen LogP contribution in [0.25, 0.3) is 11.1 Å². The van der Waals surface area contributed by atoms with Crippen molar-refractivity contribution in [1.82, 2.24) is 9.62 Å². The number of nitrogens with one attached hydrogen (secondary N) is 1. The lowest BCUT2D eigenvalue weighted by molar-refractivity contribution is -0.136. The third kappa shape index (κ3) is 9.00. The fraction of sp³-hybridized carbons (Fsp3) is 0.387. The van der Waals surface area contributed by atoms with Gasteiger partial charge in [0.25, 0.3) is 0 Å². The van der Waals surface area contributed by atoms with Crippen LogP contribution in [0.1, 0.15) is 43.9 Å². The van der Waals surface area contributed by atoms with Crippen molar-refractivity contribution in [3.63, 3.8) is 0 Å². The Balaban J connectivity index is 1.62. The predicted octanol–water partition coefficient (Wildman–Crippen LogP) is 4.53. The number of β-amino-alcohol motifs (C(OH)–C–C–N with tert-alkyl or cyclic N) is 1. The van der Waals surface area contributed by atoms with Gasteiger partial charge in [0.15, 0.2) is 0 Å². The lowest BCUT2D eigenvalue weighted by Crippen LogP contribution is -2.47. The number of likely N-dealkylation sites (N-methyl/N-ethyl adjacent to an activating group) is 1. The monoisotopic (exact) mass is 552 g/mol. The molecule has 0 amide bonds. The second-order valence-corrected chi connectivity index (χ2v) is 12.7. The van der Waals surface area contributed by atoms with Crippen LogP contribution >= 0.6 is 0 Å². The maximum Gasteiger partial charge on any atom is 0.303 e. The highest BCUT2D eigenvalue weighted by Crippen LogP contribution is 2.25. The van der Waals surface area contributed by atoms with E-state index in [1.54, 1.807) is 18.2 Å². The molecule has 0 saturated heterocycles. The number of aliphatic hydroxyl groups is 1. The van der Waals surface area contributed by atoms with E-state index in [4.69, 9.17) is 5.11 Å². The van der Waals surface area contributed by atoms with Crippen molar-refractivity contribution in [2.75, 3.05) is 20.1 Å². The molecule has 0 spiro atoms. The summed E-state index contributed by atoms with van der Waals surface area (Å²) in [5.74, 6) is -0.862. The molecular formula is C31H40N2O5S. The van der Waals surface area contributed by atoms with Crippen LogP contribution in [0.4, 0.5) is 0 Å². The SMILES string of the molecule is CCc1ccc(CC(C)(C)NCC(O)CN(C)S(=O)(=O)c2cccc(-c3cccc(CCC(=O)O)c3)c2)cc1. The lowest BCUT2D eigenvalue weighted by Gasteiger charge is -2.29. The van der Waals surface area contributed by atoms with Gasteiger partial charge < -0.3 is 15.5 Å². The van der Waals surface area contributed by atoms with Gasteiger partial charge in [-0.1, -0.05) is 67.6 Å². The fourth-order valence-corrected chi connectivity index (χ4v) is 5.75. The quantitative estimate of drug-likeness (QED) is 0.271. The zero-order chi connectivity index (χ0) is 28.6. The maximum absolute atomic E-state index is 13.3. The Morgan fingerprint density at radius 1 is 0.949 bits per heavy atom. The van der Waals surface area contributed by atoms with E-state index in [-0.39, 0.29) is 29.9 Å². The summed E-state index contributed by atoms with van der Waals surface area (Å²) in [7, 11) is -2.37. The summed E-state index contributed by atoms with van der Waals surface area (Å²) in [5.41, 5.74) is 4.62. The first kappa shape index (κ1) is 30.5. The third-order valence-electron chi connectivity index (χ3n) is 6.79. The molecule has 0 bridgehead atoms. The minimum Gasteiger partial charge on any atom is -0.481 e. The number of carboxylic acids is 1. The Morgan fingerprint density at radius 3 is 2.21 bits per heavy atom. The van der Waals surface area contributed by atoms with Crippen LogP contribution in [0.5, 0.6) is 0 Å². The van der Waals surface area contributed by atoms with E-state index in [9.17, 15) is 18.3 Å². The first-order chi connectivity index (χ1) is 18.4. The van der Waals surface area contributed by atoms with Gasteiger partial charge in [-0.25, -0.2) is 8.42 Å². The number of benzene rings is 3. The Morgan fingerprint density at radius 2 is 1.56 bits per heavy atom. The summed E-state index contributed by atoms with van der Waals surface area (Å²) in [5, 5.41) is 23.0. The van der Waals surface area contributed by atoms with E-state index in [1.807, 2.05) is 30.3 Å². The largest absolute Gasteiger partial charge is 0.481 e. The van der Waals surface area contributed by atoms with E-state index in [0.717, 1.165) is 29.5 Å². The number of nitrogens with zero attached hydrogens (tertiary/aromatic N) is 1. The molecule has 1 atom stereocenters. The van der Waals surface area contributed by atoms with E-state index < -0.39 is 22.1 Å². The molecule has 8 heteroatoms. The molecule has 0 aliphatic carbocycles. The van der Waals surface area contributed by atoms with Crippen LogP contribution < -0.4 is 5.32 Å². The first-order valence-corrected chi connectivity index (χ1v) is 14.7. The van der Waals surface area contributed by atoms with E-state index in [0.29, 0.717) is 6.42 Å². The highest BCUT2D eigenvalue weighted by molar-refractivity contribution is 7.89. The minimum atomic E-state index is -3.84. The van der Waals surface area contributed by atoms with E-state index in [1.165, 1.54) is 22.5 Å². The zero-order valence-electron chi connectivity index (χ0n) is 23.2. The number of carbonyl (C=O) groups is 1. The molecule has 7 nitrogen and oxygen atoms in total. The molecule has 0 fully saturated rings. The van der Waals surface area contributed by atoms with Crippen molar-refractivity contribution in [2.45, 2.75) is 63.0 Å². The summed E-state index contributed by atoms with van der Waals surface area (Å²) in [6.45, 7) is 6.46. The Bertz CT molecular complexity index is 1350. The molecule has 0 radical (unpaired) electrons. The van der Waals surface area contributed by atoms with Crippen LogP contribution in [0.3, 0.4) is 0 Å². The molecule has 39 heavy (non-hydrogen) atoms. The summed E-state index contributed by atoms with van der Waals surface area (Å²) in [4.78, 5) is 11.0. The van der Waals surface area contributed by atoms with Gasteiger partial charge in [0.1, 0.15) is 0 Å². The lowest BCUT2D eigenvalue weighted by atomic mass is 9.94. The van der Waals surface area contributed by atoms with Crippen molar-refractivity contribution in [1.29, 1.82) is 0 Å². The first-order valence-electron chi connectivity index (χ1n) is 13.3. The number of sulfonamides is 1. The normalized spacial score (nSPS) is 13.0. The van der Waals surface area contributed by atoms with Gasteiger partial charge in [0.2, 0.25) is 10.0 Å². The molecule has 0 heterocycles. The molecule has 0 saturated carbocycles. The van der Waals surface area contributed by atoms with Crippen LogP contribution in [0.15, 0.2) is 77.7 Å². The standard InChI is InChI=1S/C31H40N2O5S/c1-5-23-12-14-25(15-13-23)20-31(2,3)32-21-28(34)22-33(4)39(37,38)29-11-7-10-27(19-29)26-9-6-8-24(18-26)16-17-30(35)36/h6-15,18-19,28,32,34H,5,16-17,20-22H2,1-4H3,(H,35,36). The molecule has 1 unspecified atom stereocenters. The smallest absolute Gasteiger partial charge is 0.303 e. The van der Waals surface area contributed by atoms with Crippen molar-refractivity contribution < 1.29 is 23.4 Å². The van der Waals surface area contributed by atoms with Gasteiger partial charge >= 0.3 is 5.97 Å². The van der Waals surface area contributed by atoms with Gasteiger partial charge in [-0.05, 0) is 73.1 Å². The van der Waals surface area contributed by atoms with Crippen LogP contribution in [-0.4, -0.2) is 60.7 Å². The summed E-state index contributed by atoms with van der Waals surface area (Å²) >= 11 is 0. The van der Waals surface area contributed by atoms with Gasteiger partial charge in [-0.15, -0.1) is 0 Å². The zero-order valence-corrected chi connectivity index (χ0v) is 24.0. The number of carboxylic acid groups (broad SMARTS) is 1. The van der Waals surface area contributed by atoms with Crippen LogP contribution in [0.2, 0.25) is 0 Å². The highest BCUT2D eigenvalue weighted by Gasteiger charge is 2.25. The fourth-order valence-electron chi connectivity index (χ4n) is 4.49.